The van der Waals surface area contributed by atoms with Crippen molar-refractivity contribution in [2.75, 3.05) is 10.6 Å². The van der Waals surface area contributed by atoms with Crippen molar-refractivity contribution >= 4 is 39.9 Å². The van der Waals surface area contributed by atoms with Gasteiger partial charge < -0.3 is 15.6 Å². The maximum Gasteiger partial charge on any atom is 0.323 e. The van der Waals surface area contributed by atoms with Crippen LogP contribution in [0.3, 0.4) is 0 Å². The largest absolute Gasteiger partial charge is 0.359 e. The van der Waals surface area contributed by atoms with Crippen LogP contribution in [0.4, 0.5) is 25.0 Å². The lowest BCUT2D eigenvalue weighted by atomic mass is 9.83. The summed E-state index contributed by atoms with van der Waals surface area (Å²) >= 11 is 6.03. The molecule has 0 atom stereocenters. The summed E-state index contributed by atoms with van der Waals surface area (Å²) in [5.41, 5.74) is 3.74. The van der Waals surface area contributed by atoms with E-state index in [0.717, 1.165) is 22.2 Å². The summed E-state index contributed by atoms with van der Waals surface area (Å²) in [4.78, 5) is 19.9. The molecule has 2 heterocycles. The number of H-pyrrole nitrogens is 1. The maximum absolute atomic E-state index is 13.4. The molecular formula is C21H21ClF2N4O. The number of alkyl halides is 2. The second-order valence-electron chi connectivity index (χ2n) is 7.53. The number of pyridine rings is 1. The molecule has 5 nitrogen and oxygen atoms in total. The summed E-state index contributed by atoms with van der Waals surface area (Å²) in [6.45, 7) is 1.89. The van der Waals surface area contributed by atoms with E-state index in [2.05, 4.69) is 20.6 Å². The summed E-state index contributed by atoms with van der Waals surface area (Å²) in [6.07, 6.45) is 3.92. The van der Waals surface area contributed by atoms with Crippen LogP contribution in [0, 0.1) is 6.92 Å². The van der Waals surface area contributed by atoms with Gasteiger partial charge in [0, 0.05) is 46.6 Å². The fraction of sp³-hybridized carbons (Fsp3) is 0.333. The van der Waals surface area contributed by atoms with Crippen molar-refractivity contribution in [3.8, 4) is 0 Å². The predicted molar refractivity (Wildman–Crippen MR) is 111 cm³/mol. The standard InChI is InChI=1S/C21H21ClF2N4O/c1-12-8-15(10-26-19(12)13-4-6-21(23,24)7-5-13)27-20(29)28-18-11-25-17-3-2-14(22)9-16(17)18/h2-3,8-11,13,25H,4-7H2,1H3,(H2,27,28,29). The average Bonchev–Trinajstić information content (AvgIpc) is 3.04. The fourth-order valence-corrected chi connectivity index (χ4v) is 4.05. The Balaban J connectivity index is 1.43. The molecule has 8 heteroatoms. The summed E-state index contributed by atoms with van der Waals surface area (Å²) in [7, 11) is 0. The summed E-state index contributed by atoms with van der Waals surface area (Å²) in [6, 6.07) is 6.80. The van der Waals surface area contributed by atoms with E-state index in [1.165, 1.54) is 0 Å². The molecule has 2 aromatic heterocycles. The molecule has 1 aliphatic carbocycles. The van der Waals surface area contributed by atoms with Crippen LogP contribution < -0.4 is 10.6 Å². The minimum Gasteiger partial charge on any atom is -0.359 e. The number of urea groups is 1. The van der Waals surface area contributed by atoms with E-state index in [1.54, 1.807) is 24.5 Å². The highest BCUT2D eigenvalue weighted by Gasteiger charge is 2.36. The van der Waals surface area contributed by atoms with Gasteiger partial charge in [0.1, 0.15) is 0 Å². The van der Waals surface area contributed by atoms with Crippen molar-refractivity contribution in [3.05, 3.63) is 52.9 Å². The van der Waals surface area contributed by atoms with Crippen molar-refractivity contribution in [1.29, 1.82) is 0 Å². The van der Waals surface area contributed by atoms with Gasteiger partial charge in [-0.15, -0.1) is 0 Å². The van der Waals surface area contributed by atoms with Crippen LogP contribution in [0.15, 0.2) is 36.7 Å². The Kier molecular flexibility index (Phi) is 5.17. The molecule has 2 amide bonds. The number of aromatic amines is 1. The molecule has 3 aromatic rings. The fourth-order valence-electron chi connectivity index (χ4n) is 3.88. The van der Waals surface area contributed by atoms with Gasteiger partial charge in [-0.1, -0.05) is 11.6 Å². The summed E-state index contributed by atoms with van der Waals surface area (Å²) in [5.74, 6) is -2.52. The van der Waals surface area contributed by atoms with Crippen LogP contribution in [0.2, 0.25) is 5.02 Å². The molecule has 1 aliphatic rings. The van der Waals surface area contributed by atoms with Gasteiger partial charge in [-0.2, -0.15) is 0 Å². The summed E-state index contributed by atoms with van der Waals surface area (Å²) < 4.78 is 26.8. The zero-order chi connectivity index (χ0) is 20.6. The molecule has 152 valence electrons. The maximum atomic E-state index is 13.4. The highest BCUT2D eigenvalue weighted by atomic mass is 35.5. The van der Waals surface area contributed by atoms with Crippen LogP contribution in [0.1, 0.15) is 42.9 Å². The van der Waals surface area contributed by atoms with Crippen molar-refractivity contribution in [2.45, 2.75) is 44.4 Å². The van der Waals surface area contributed by atoms with Crippen LogP contribution in [0.5, 0.6) is 0 Å². The number of nitrogens with one attached hydrogen (secondary N) is 3. The molecule has 1 saturated carbocycles. The third kappa shape index (κ3) is 4.34. The molecule has 1 fully saturated rings. The van der Waals surface area contributed by atoms with Crippen molar-refractivity contribution in [1.82, 2.24) is 9.97 Å². The molecule has 0 saturated heterocycles. The highest BCUT2D eigenvalue weighted by molar-refractivity contribution is 6.31. The molecule has 0 spiro atoms. The van der Waals surface area contributed by atoms with E-state index in [1.807, 2.05) is 19.1 Å². The quantitative estimate of drug-likeness (QED) is 0.456. The Morgan fingerprint density at radius 1 is 1.24 bits per heavy atom. The zero-order valence-electron chi connectivity index (χ0n) is 15.9. The number of hydrogen-bond acceptors (Lipinski definition) is 2. The van der Waals surface area contributed by atoms with Gasteiger partial charge in [0.05, 0.1) is 17.6 Å². The first kappa shape index (κ1) is 19.6. The molecule has 0 radical (unpaired) electrons. The molecule has 4 rings (SSSR count). The van der Waals surface area contributed by atoms with Crippen molar-refractivity contribution in [3.63, 3.8) is 0 Å². The number of halogens is 3. The van der Waals surface area contributed by atoms with Gasteiger partial charge >= 0.3 is 6.03 Å². The molecule has 0 unspecified atom stereocenters. The number of amides is 2. The Labute approximate surface area is 171 Å². The Morgan fingerprint density at radius 2 is 2.00 bits per heavy atom. The van der Waals surface area contributed by atoms with Gasteiger partial charge in [0.2, 0.25) is 5.92 Å². The second-order valence-corrected chi connectivity index (χ2v) is 7.96. The normalized spacial score (nSPS) is 16.7. The molecule has 1 aromatic carbocycles. The number of nitrogens with zero attached hydrogens (tertiary/aromatic N) is 1. The first-order valence-corrected chi connectivity index (χ1v) is 9.87. The first-order chi connectivity index (χ1) is 13.8. The Hall–Kier alpha value is -2.67. The van der Waals surface area contributed by atoms with Gasteiger partial charge in [-0.3, -0.25) is 4.98 Å². The topological polar surface area (TPSA) is 69.8 Å². The number of benzene rings is 1. The van der Waals surface area contributed by atoms with E-state index in [4.69, 9.17) is 11.6 Å². The number of aryl methyl sites for hydroxylation is 1. The molecule has 0 bridgehead atoms. The third-order valence-electron chi connectivity index (χ3n) is 5.37. The average molecular weight is 419 g/mol. The highest BCUT2D eigenvalue weighted by Crippen LogP contribution is 2.41. The number of hydrogen-bond donors (Lipinski definition) is 3. The van der Waals surface area contributed by atoms with Crippen LogP contribution in [-0.2, 0) is 0 Å². The van der Waals surface area contributed by atoms with Gasteiger partial charge in [-0.05, 0) is 49.6 Å². The van der Waals surface area contributed by atoms with E-state index in [-0.39, 0.29) is 18.8 Å². The van der Waals surface area contributed by atoms with E-state index >= 15 is 0 Å². The minimum absolute atomic E-state index is 0.0356. The molecule has 0 aliphatic heterocycles. The van der Waals surface area contributed by atoms with E-state index in [0.29, 0.717) is 29.2 Å². The number of rotatable bonds is 3. The number of anilines is 2. The predicted octanol–water partition coefficient (Wildman–Crippen LogP) is 6.46. The minimum atomic E-state index is -2.56. The lowest BCUT2D eigenvalue weighted by molar-refractivity contribution is -0.0385. The molecular weight excluding hydrogens is 398 g/mol. The van der Waals surface area contributed by atoms with E-state index in [9.17, 15) is 13.6 Å². The van der Waals surface area contributed by atoms with Crippen LogP contribution >= 0.6 is 11.6 Å². The van der Waals surface area contributed by atoms with Gasteiger partial charge in [-0.25, -0.2) is 13.6 Å². The van der Waals surface area contributed by atoms with Crippen LogP contribution in [-0.4, -0.2) is 21.9 Å². The number of aromatic nitrogens is 2. The smallest absolute Gasteiger partial charge is 0.323 e. The SMILES string of the molecule is Cc1cc(NC(=O)Nc2c[nH]c3ccc(Cl)cc23)cnc1C1CCC(F)(F)CC1. The zero-order valence-corrected chi connectivity index (χ0v) is 16.6. The second kappa shape index (κ2) is 7.63. The Bertz CT molecular complexity index is 1060. The van der Waals surface area contributed by atoms with Crippen molar-refractivity contribution in [2.24, 2.45) is 0 Å². The number of carbonyl (C=O) groups excluding carboxylic acids is 1. The lowest BCUT2D eigenvalue weighted by Gasteiger charge is -2.28. The number of fused-ring (bicyclic) bond motifs is 1. The summed E-state index contributed by atoms with van der Waals surface area (Å²) in [5, 5.41) is 6.95. The van der Waals surface area contributed by atoms with E-state index < -0.39 is 12.0 Å². The monoisotopic (exact) mass is 418 g/mol. The van der Waals surface area contributed by atoms with Gasteiger partial charge in [0.25, 0.3) is 0 Å². The molecule has 3 N–H and O–H groups in total. The van der Waals surface area contributed by atoms with Crippen molar-refractivity contribution < 1.29 is 13.6 Å². The molecule has 29 heavy (non-hydrogen) atoms. The lowest BCUT2D eigenvalue weighted by Crippen LogP contribution is -2.24. The van der Waals surface area contributed by atoms with Crippen LogP contribution in [0.25, 0.3) is 10.9 Å². The Morgan fingerprint density at radius 3 is 2.72 bits per heavy atom. The van der Waals surface area contributed by atoms with Gasteiger partial charge in [0.15, 0.2) is 0 Å². The first-order valence-electron chi connectivity index (χ1n) is 9.50. The number of carbonyl (C=O) groups is 1. The third-order valence-corrected chi connectivity index (χ3v) is 5.61.